The number of rotatable bonds is 5. The molecule has 1 aliphatic heterocycles. The number of ether oxygens (including phenoxy) is 2. The first-order valence-electron chi connectivity index (χ1n) is 8.57. The molecule has 1 aliphatic rings. The van der Waals surface area contributed by atoms with Crippen molar-refractivity contribution in [2.24, 2.45) is 19.2 Å². The van der Waals surface area contributed by atoms with Gasteiger partial charge in [0, 0.05) is 30.7 Å². The highest BCUT2D eigenvalue weighted by Gasteiger charge is 2.19. The second-order valence-corrected chi connectivity index (χ2v) is 7.14. The molecule has 2 N–H and O–H groups in total. The number of nitrogens with zero attached hydrogens (tertiary/aromatic N) is 5. The van der Waals surface area contributed by atoms with E-state index in [0.717, 1.165) is 14.6 Å². The maximum Gasteiger partial charge on any atom is 0.332 e. The lowest BCUT2D eigenvalue weighted by molar-refractivity contribution is 0.174. The van der Waals surface area contributed by atoms with Crippen molar-refractivity contribution in [1.82, 2.24) is 18.7 Å². The number of aliphatic hydroxyl groups excluding tert-OH is 1. The molecule has 0 aliphatic carbocycles. The monoisotopic (exact) mass is 464 g/mol. The van der Waals surface area contributed by atoms with E-state index in [2.05, 4.69) is 31.4 Å². The zero-order valence-corrected chi connectivity index (χ0v) is 17.1. The minimum Gasteiger partial charge on any atom is -0.454 e. The fraction of sp³-hybridized carbons (Fsp3) is 0.294. The van der Waals surface area contributed by atoms with Crippen LogP contribution in [-0.4, -0.2) is 43.4 Å². The van der Waals surface area contributed by atoms with E-state index >= 15 is 0 Å². The number of anilines is 1. The van der Waals surface area contributed by atoms with Gasteiger partial charge in [0.1, 0.15) is 0 Å². The molecule has 3 heterocycles. The SMILES string of the molecule is Cn1c(=O)c2c(nc(NN=Cc3cc4c(cc3Br)OCO4)n2CCO)n(C)c1=O. The van der Waals surface area contributed by atoms with E-state index < -0.39 is 11.2 Å². The summed E-state index contributed by atoms with van der Waals surface area (Å²) in [7, 11) is 2.92. The van der Waals surface area contributed by atoms with Crippen LogP contribution in [0.15, 0.2) is 31.3 Å². The fourth-order valence-corrected chi connectivity index (χ4v) is 3.47. The first-order chi connectivity index (χ1) is 13.9. The molecule has 1 aromatic carbocycles. The van der Waals surface area contributed by atoms with Crippen molar-refractivity contribution in [3.63, 3.8) is 0 Å². The second kappa shape index (κ2) is 7.37. The van der Waals surface area contributed by atoms with Crippen molar-refractivity contribution in [3.05, 3.63) is 43.0 Å². The third kappa shape index (κ3) is 3.19. The normalized spacial score (nSPS) is 13.0. The van der Waals surface area contributed by atoms with Gasteiger partial charge >= 0.3 is 5.69 Å². The molecule has 0 fully saturated rings. The maximum atomic E-state index is 12.6. The molecule has 12 heteroatoms. The van der Waals surface area contributed by atoms with Gasteiger partial charge in [-0.15, -0.1) is 0 Å². The van der Waals surface area contributed by atoms with Gasteiger partial charge in [0.05, 0.1) is 12.8 Å². The Hall–Kier alpha value is -3.12. The number of aliphatic hydroxyl groups is 1. The maximum absolute atomic E-state index is 12.6. The average molecular weight is 465 g/mol. The molecule has 0 unspecified atom stereocenters. The van der Waals surface area contributed by atoms with Crippen LogP contribution in [0.4, 0.5) is 5.95 Å². The summed E-state index contributed by atoms with van der Waals surface area (Å²) in [5.74, 6) is 1.48. The molecule has 4 rings (SSSR count). The molecule has 0 radical (unpaired) electrons. The summed E-state index contributed by atoms with van der Waals surface area (Å²) in [6.07, 6.45) is 1.55. The van der Waals surface area contributed by atoms with E-state index in [-0.39, 0.29) is 37.1 Å². The first-order valence-corrected chi connectivity index (χ1v) is 9.37. The molecular weight excluding hydrogens is 448 g/mol. The summed E-state index contributed by atoms with van der Waals surface area (Å²) < 4.78 is 15.2. The van der Waals surface area contributed by atoms with Gasteiger partial charge in [-0.05, 0) is 28.1 Å². The van der Waals surface area contributed by atoms with Gasteiger partial charge in [-0.2, -0.15) is 10.1 Å². The lowest BCUT2D eigenvalue weighted by Gasteiger charge is -2.07. The van der Waals surface area contributed by atoms with Gasteiger partial charge in [-0.1, -0.05) is 0 Å². The minimum atomic E-state index is -0.500. The predicted octanol–water partition coefficient (Wildman–Crippen LogP) is 0.363. The number of fused-ring (bicyclic) bond motifs is 2. The number of aromatic nitrogens is 4. The van der Waals surface area contributed by atoms with Crippen LogP contribution in [0, 0.1) is 0 Å². The van der Waals surface area contributed by atoms with Crippen molar-refractivity contribution in [3.8, 4) is 11.5 Å². The number of hydrazone groups is 1. The summed E-state index contributed by atoms with van der Waals surface area (Å²) in [6.45, 7) is 0.0541. The van der Waals surface area contributed by atoms with Crippen LogP contribution in [0.3, 0.4) is 0 Å². The lowest BCUT2D eigenvalue weighted by Crippen LogP contribution is -2.37. The van der Waals surface area contributed by atoms with E-state index in [1.165, 1.54) is 23.2 Å². The number of benzene rings is 1. The smallest absolute Gasteiger partial charge is 0.332 e. The van der Waals surface area contributed by atoms with Gasteiger partial charge in [0.25, 0.3) is 5.56 Å². The number of halogens is 1. The Morgan fingerprint density at radius 2 is 2.00 bits per heavy atom. The summed E-state index contributed by atoms with van der Waals surface area (Å²) >= 11 is 3.45. The molecule has 0 spiro atoms. The Morgan fingerprint density at radius 1 is 1.28 bits per heavy atom. The summed E-state index contributed by atoms with van der Waals surface area (Å²) in [6, 6.07) is 3.55. The first kappa shape index (κ1) is 19.2. The molecule has 0 amide bonds. The molecule has 3 aromatic rings. The molecular formula is C17H17BrN6O5. The number of aryl methyl sites for hydroxylation is 1. The number of nitrogens with one attached hydrogen (secondary N) is 1. The van der Waals surface area contributed by atoms with Crippen molar-refractivity contribution in [1.29, 1.82) is 0 Å². The third-order valence-corrected chi connectivity index (χ3v) is 5.22. The largest absolute Gasteiger partial charge is 0.454 e. The van der Waals surface area contributed by atoms with Crippen LogP contribution in [0.25, 0.3) is 11.2 Å². The molecule has 0 atom stereocenters. The van der Waals surface area contributed by atoms with E-state index in [0.29, 0.717) is 11.5 Å². The average Bonchev–Trinajstić information content (AvgIpc) is 3.29. The van der Waals surface area contributed by atoms with Crippen LogP contribution in [0.2, 0.25) is 0 Å². The Morgan fingerprint density at radius 3 is 2.72 bits per heavy atom. The van der Waals surface area contributed by atoms with Crippen LogP contribution in [-0.2, 0) is 20.6 Å². The lowest BCUT2D eigenvalue weighted by atomic mass is 10.2. The van der Waals surface area contributed by atoms with Crippen LogP contribution < -0.4 is 26.1 Å². The molecule has 11 nitrogen and oxygen atoms in total. The number of hydrogen-bond acceptors (Lipinski definition) is 8. The van der Waals surface area contributed by atoms with Crippen LogP contribution in [0.5, 0.6) is 11.5 Å². The molecule has 0 saturated carbocycles. The molecule has 152 valence electrons. The standard InChI is InChI=1S/C17H17BrN6O5/c1-22-14-13(15(26)23(2)17(22)27)24(3-4-25)16(20-14)21-19-7-9-5-11-12(6-10(9)18)29-8-28-11/h5-7,25H,3-4,8H2,1-2H3,(H,20,21). The highest BCUT2D eigenvalue weighted by atomic mass is 79.9. The summed E-state index contributed by atoms with van der Waals surface area (Å²) in [5.41, 5.74) is 2.92. The Labute approximate surface area is 171 Å². The van der Waals surface area contributed by atoms with Gasteiger partial charge in [-0.3, -0.25) is 13.9 Å². The number of hydrogen-bond donors (Lipinski definition) is 2. The van der Waals surface area contributed by atoms with Crippen LogP contribution >= 0.6 is 15.9 Å². The highest BCUT2D eigenvalue weighted by Crippen LogP contribution is 2.36. The van der Waals surface area contributed by atoms with Crippen LogP contribution in [0.1, 0.15) is 5.56 Å². The van der Waals surface area contributed by atoms with Crippen molar-refractivity contribution >= 4 is 39.3 Å². The van der Waals surface area contributed by atoms with E-state index in [1.807, 2.05) is 0 Å². The molecule has 2 aromatic heterocycles. The van der Waals surface area contributed by atoms with E-state index in [9.17, 15) is 14.7 Å². The number of imidazole rings is 1. The Kier molecular flexibility index (Phi) is 4.88. The van der Waals surface area contributed by atoms with Crippen molar-refractivity contribution < 1.29 is 14.6 Å². The van der Waals surface area contributed by atoms with E-state index in [1.54, 1.807) is 18.3 Å². The Bertz CT molecular complexity index is 1260. The van der Waals surface area contributed by atoms with Crippen molar-refractivity contribution in [2.75, 3.05) is 18.8 Å². The molecule has 0 bridgehead atoms. The van der Waals surface area contributed by atoms with Gasteiger partial charge in [-0.25, -0.2) is 10.2 Å². The summed E-state index contributed by atoms with van der Waals surface area (Å²) in [4.78, 5) is 29.1. The quantitative estimate of drug-likeness (QED) is 0.412. The molecule has 29 heavy (non-hydrogen) atoms. The summed E-state index contributed by atoms with van der Waals surface area (Å²) in [5, 5.41) is 13.6. The third-order valence-electron chi connectivity index (χ3n) is 4.53. The highest BCUT2D eigenvalue weighted by molar-refractivity contribution is 9.10. The molecule has 0 saturated heterocycles. The fourth-order valence-electron chi connectivity index (χ4n) is 3.04. The Balaban J connectivity index is 1.73. The zero-order valence-electron chi connectivity index (χ0n) is 15.5. The van der Waals surface area contributed by atoms with Gasteiger partial charge in [0.2, 0.25) is 12.7 Å². The second-order valence-electron chi connectivity index (χ2n) is 6.29. The predicted molar refractivity (Wildman–Crippen MR) is 109 cm³/mol. The van der Waals surface area contributed by atoms with Gasteiger partial charge < -0.3 is 19.1 Å². The topological polar surface area (TPSA) is 125 Å². The van der Waals surface area contributed by atoms with Crippen molar-refractivity contribution in [2.45, 2.75) is 6.54 Å². The van der Waals surface area contributed by atoms with Gasteiger partial charge in [0.15, 0.2) is 22.7 Å². The zero-order chi connectivity index (χ0) is 20.7. The minimum absolute atomic E-state index is 0.107. The van der Waals surface area contributed by atoms with E-state index in [4.69, 9.17) is 9.47 Å².